The molecule has 3 aromatic rings. The smallest absolute Gasteiger partial charge is 0.275 e. The van der Waals surface area contributed by atoms with Gasteiger partial charge in [-0.1, -0.05) is 23.2 Å². The molecule has 1 heterocycles. The summed E-state index contributed by atoms with van der Waals surface area (Å²) < 4.78 is 7.45. The van der Waals surface area contributed by atoms with Crippen molar-refractivity contribution in [3.05, 3.63) is 73.5 Å². The first-order valence-electron chi connectivity index (χ1n) is 9.37. The van der Waals surface area contributed by atoms with E-state index in [0.29, 0.717) is 28.0 Å². The highest BCUT2D eigenvalue weighted by molar-refractivity contribution is 6.31. The minimum absolute atomic E-state index is 0.119. The van der Waals surface area contributed by atoms with Crippen LogP contribution in [0.15, 0.2) is 36.4 Å². The summed E-state index contributed by atoms with van der Waals surface area (Å²) in [5, 5.41) is 19.4. The predicted octanol–water partition coefficient (Wildman–Crippen LogP) is 5.84. The lowest BCUT2D eigenvalue weighted by Crippen LogP contribution is -2.15. The summed E-state index contributed by atoms with van der Waals surface area (Å²) >= 11 is 12.1. The van der Waals surface area contributed by atoms with Crippen molar-refractivity contribution in [2.75, 3.05) is 5.32 Å². The average molecular weight is 463 g/mol. The lowest BCUT2D eigenvalue weighted by atomic mass is 10.2. The molecule has 0 fully saturated rings. The molecular formula is C21H20Cl2N4O4. The fourth-order valence-corrected chi connectivity index (χ4v) is 3.36. The van der Waals surface area contributed by atoms with Gasteiger partial charge in [0.1, 0.15) is 11.5 Å². The highest BCUT2D eigenvalue weighted by atomic mass is 35.5. The van der Waals surface area contributed by atoms with Crippen LogP contribution in [-0.2, 0) is 11.3 Å². The van der Waals surface area contributed by atoms with Gasteiger partial charge in [-0.25, -0.2) is 0 Å². The Bertz CT molecular complexity index is 1160. The minimum Gasteiger partial charge on any atom is -0.457 e. The summed E-state index contributed by atoms with van der Waals surface area (Å²) in [6.07, 6.45) is 0.119. The van der Waals surface area contributed by atoms with Gasteiger partial charge in [-0.05, 0) is 44.5 Å². The van der Waals surface area contributed by atoms with Gasteiger partial charge in [-0.2, -0.15) is 5.10 Å². The van der Waals surface area contributed by atoms with E-state index in [1.807, 2.05) is 13.8 Å². The number of rotatable bonds is 7. The zero-order valence-corrected chi connectivity index (χ0v) is 18.6. The number of nitrogens with one attached hydrogen (secondary N) is 1. The van der Waals surface area contributed by atoms with Crippen molar-refractivity contribution in [2.45, 2.75) is 33.7 Å². The standard InChI is InChI=1S/C21H20Cl2N4O4/c1-12-8-15(22)4-5-19(12)31-18-10-16(9-17(11-18)27(29)30)24-20(28)6-7-26-14(3)21(23)13(2)25-26/h4-5,8-11H,6-7H2,1-3H3,(H,24,28). The van der Waals surface area contributed by atoms with Crippen LogP contribution in [0.4, 0.5) is 11.4 Å². The van der Waals surface area contributed by atoms with E-state index in [9.17, 15) is 14.9 Å². The van der Waals surface area contributed by atoms with E-state index in [0.717, 1.165) is 11.3 Å². The molecule has 3 rings (SSSR count). The fourth-order valence-electron chi connectivity index (χ4n) is 3.00. The van der Waals surface area contributed by atoms with Gasteiger partial charge in [-0.15, -0.1) is 0 Å². The topological polar surface area (TPSA) is 99.3 Å². The van der Waals surface area contributed by atoms with Crippen molar-refractivity contribution < 1.29 is 14.5 Å². The molecule has 0 bridgehead atoms. The Morgan fingerprint density at radius 1 is 1.19 bits per heavy atom. The normalized spacial score (nSPS) is 10.7. The van der Waals surface area contributed by atoms with Crippen LogP contribution < -0.4 is 10.1 Å². The lowest BCUT2D eigenvalue weighted by Gasteiger charge is -2.11. The molecule has 31 heavy (non-hydrogen) atoms. The molecule has 0 aliphatic heterocycles. The Labute approximate surface area is 188 Å². The maximum Gasteiger partial charge on any atom is 0.275 e. The number of non-ortho nitro benzene ring substituents is 1. The molecule has 0 atom stereocenters. The SMILES string of the molecule is Cc1cc(Cl)ccc1Oc1cc(NC(=O)CCn2nc(C)c(Cl)c2C)cc([N+](=O)[O-])c1. The van der Waals surface area contributed by atoms with E-state index < -0.39 is 4.92 Å². The monoisotopic (exact) mass is 462 g/mol. The molecule has 1 aromatic heterocycles. The fraction of sp³-hybridized carbons (Fsp3) is 0.238. The molecular weight excluding hydrogens is 443 g/mol. The van der Waals surface area contributed by atoms with Crippen molar-refractivity contribution in [1.82, 2.24) is 9.78 Å². The lowest BCUT2D eigenvalue weighted by molar-refractivity contribution is -0.384. The second kappa shape index (κ2) is 9.36. The highest BCUT2D eigenvalue weighted by Gasteiger charge is 2.15. The van der Waals surface area contributed by atoms with Crippen LogP contribution in [0.25, 0.3) is 0 Å². The Balaban J connectivity index is 1.76. The van der Waals surface area contributed by atoms with E-state index >= 15 is 0 Å². The number of hydrogen-bond acceptors (Lipinski definition) is 5. The molecule has 0 spiro atoms. The largest absolute Gasteiger partial charge is 0.457 e. The second-order valence-corrected chi connectivity index (χ2v) is 7.81. The maximum atomic E-state index is 12.4. The molecule has 8 nitrogen and oxygen atoms in total. The molecule has 0 aliphatic rings. The predicted molar refractivity (Wildman–Crippen MR) is 119 cm³/mol. The van der Waals surface area contributed by atoms with Crippen molar-refractivity contribution in [3.8, 4) is 11.5 Å². The van der Waals surface area contributed by atoms with Gasteiger partial charge in [-0.3, -0.25) is 19.6 Å². The van der Waals surface area contributed by atoms with Crippen LogP contribution >= 0.6 is 23.2 Å². The number of amides is 1. The van der Waals surface area contributed by atoms with Crippen LogP contribution in [0.5, 0.6) is 11.5 Å². The van der Waals surface area contributed by atoms with Crippen molar-refractivity contribution in [2.24, 2.45) is 0 Å². The van der Waals surface area contributed by atoms with Gasteiger partial charge in [0.15, 0.2) is 0 Å². The average Bonchev–Trinajstić information content (AvgIpc) is 2.95. The molecule has 162 valence electrons. The van der Waals surface area contributed by atoms with Gasteiger partial charge >= 0.3 is 0 Å². The van der Waals surface area contributed by atoms with Crippen LogP contribution in [0.1, 0.15) is 23.4 Å². The van der Waals surface area contributed by atoms with Crippen LogP contribution in [0.3, 0.4) is 0 Å². The van der Waals surface area contributed by atoms with E-state index in [4.69, 9.17) is 27.9 Å². The number of hydrogen-bond donors (Lipinski definition) is 1. The van der Waals surface area contributed by atoms with Crippen LogP contribution in [-0.4, -0.2) is 20.6 Å². The van der Waals surface area contributed by atoms with Crippen LogP contribution in [0, 0.1) is 30.9 Å². The summed E-state index contributed by atoms with van der Waals surface area (Å²) in [5.41, 5.74) is 2.29. The summed E-state index contributed by atoms with van der Waals surface area (Å²) in [7, 11) is 0. The van der Waals surface area contributed by atoms with E-state index in [1.165, 1.54) is 18.2 Å². The van der Waals surface area contributed by atoms with E-state index in [1.54, 1.807) is 29.8 Å². The summed E-state index contributed by atoms with van der Waals surface area (Å²) in [6.45, 7) is 5.75. The first kappa shape index (κ1) is 22.6. The zero-order chi connectivity index (χ0) is 22.7. The third kappa shape index (κ3) is 5.53. The number of aryl methyl sites for hydroxylation is 3. The molecule has 2 aromatic carbocycles. The first-order chi connectivity index (χ1) is 14.6. The van der Waals surface area contributed by atoms with Crippen molar-refractivity contribution in [1.29, 1.82) is 0 Å². The Kier molecular flexibility index (Phi) is 6.82. The van der Waals surface area contributed by atoms with E-state index in [-0.39, 0.29) is 29.5 Å². The molecule has 0 radical (unpaired) electrons. The third-order valence-electron chi connectivity index (χ3n) is 4.59. The van der Waals surface area contributed by atoms with Crippen molar-refractivity contribution in [3.63, 3.8) is 0 Å². The first-order valence-corrected chi connectivity index (χ1v) is 10.1. The zero-order valence-electron chi connectivity index (χ0n) is 17.1. The number of halogens is 2. The van der Waals surface area contributed by atoms with Gasteiger partial charge < -0.3 is 10.1 Å². The van der Waals surface area contributed by atoms with Gasteiger partial charge in [0.2, 0.25) is 5.91 Å². The summed E-state index contributed by atoms with van der Waals surface area (Å²) in [5.74, 6) is 0.404. The van der Waals surface area contributed by atoms with Gasteiger partial charge in [0.25, 0.3) is 5.69 Å². The number of nitro benzene ring substituents is 1. The quantitative estimate of drug-likeness (QED) is 0.350. The number of nitrogens with zero attached hydrogens (tertiary/aromatic N) is 3. The molecule has 0 saturated carbocycles. The Morgan fingerprint density at radius 2 is 1.94 bits per heavy atom. The number of carbonyl (C=O) groups is 1. The van der Waals surface area contributed by atoms with Gasteiger partial charge in [0, 0.05) is 23.6 Å². The number of benzene rings is 2. The molecule has 1 amide bonds. The van der Waals surface area contributed by atoms with Crippen molar-refractivity contribution >= 4 is 40.5 Å². The minimum atomic E-state index is -0.547. The molecule has 10 heteroatoms. The number of nitro groups is 1. The number of anilines is 1. The van der Waals surface area contributed by atoms with Crippen LogP contribution in [0.2, 0.25) is 10.0 Å². The Morgan fingerprint density at radius 3 is 2.55 bits per heavy atom. The second-order valence-electron chi connectivity index (χ2n) is 6.99. The number of aromatic nitrogens is 2. The highest BCUT2D eigenvalue weighted by Crippen LogP contribution is 2.32. The maximum absolute atomic E-state index is 12.4. The number of ether oxygens (including phenoxy) is 1. The van der Waals surface area contributed by atoms with E-state index in [2.05, 4.69) is 10.4 Å². The molecule has 1 N–H and O–H groups in total. The summed E-state index contributed by atoms with van der Waals surface area (Å²) in [4.78, 5) is 23.2. The number of carbonyl (C=O) groups excluding carboxylic acids is 1. The molecule has 0 saturated heterocycles. The summed E-state index contributed by atoms with van der Waals surface area (Å²) in [6, 6.07) is 9.16. The molecule has 0 unspecified atom stereocenters. The van der Waals surface area contributed by atoms with Gasteiger partial charge in [0.05, 0.1) is 39.6 Å². The third-order valence-corrected chi connectivity index (χ3v) is 5.38. The molecule has 0 aliphatic carbocycles. The Hall–Kier alpha value is -3.10.